The number of ether oxygens (including phenoxy) is 2. The third kappa shape index (κ3) is 12.4. The van der Waals surface area contributed by atoms with Crippen molar-refractivity contribution in [3.05, 3.63) is 132 Å². The van der Waals surface area contributed by atoms with Crippen molar-refractivity contribution in [2.24, 2.45) is 0 Å². The molecule has 0 aliphatic rings. The predicted octanol–water partition coefficient (Wildman–Crippen LogP) is 8.70. The maximum Gasteiger partial charge on any atom is 0.338 e. The molecule has 0 aliphatic carbocycles. The second kappa shape index (κ2) is 19.5. The van der Waals surface area contributed by atoms with Crippen molar-refractivity contribution in [2.75, 3.05) is 34.5 Å². The van der Waals surface area contributed by atoms with Crippen LogP contribution in [-0.4, -0.2) is 47.2 Å². The van der Waals surface area contributed by atoms with Gasteiger partial charge >= 0.3 is 24.0 Å². The second-order valence-corrected chi connectivity index (χ2v) is 11.1. The number of esters is 2. The van der Waals surface area contributed by atoms with E-state index in [0.29, 0.717) is 52.9 Å². The first-order valence-corrected chi connectivity index (χ1v) is 16.5. The fraction of sp³-hybridized carbons (Fsp3) is 0.179. The monoisotopic (exact) mass is 706 g/mol. The molecule has 12 nitrogen and oxygen atoms in total. The summed E-state index contributed by atoms with van der Waals surface area (Å²) in [5.41, 5.74) is 4.82. The maximum absolute atomic E-state index is 12.8. The average molecular weight is 707 g/mol. The molecule has 1 aromatic heterocycles. The van der Waals surface area contributed by atoms with Crippen molar-refractivity contribution < 1.29 is 33.0 Å². The molecule has 0 bridgehead atoms. The summed E-state index contributed by atoms with van der Waals surface area (Å²) < 4.78 is 22.9. The number of aromatic nitrogens is 2. The Labute approximate surface area is 300 Å². The first-order valence-electron chi connectivity index (χ1n) is 16.5. The Morgan fingerprint density at radius 1 is 0.615 bits per heavy atom. The van der Waals surface area contributed by atoms with Crippen LogP contribution in [0.4, 0.5) is 36.7 Å². The van der Waals surface area contributed by atoms with Gasteiger partial charge in [-0.3, -0.25) is 0 Å². The summed E-state index contributed by atoms with van der Waals surface area (Å²) in [5.74, 6) is -0.442. The number of carbonyl (C=O) groups excluding carboxylic acids is 4. The molecule has 4 amide bonds. The van der Waals surface area contributed by atoms with Crippen LogP contribution in [0.15, 0.2) is 109 Å². The summed E-state index contributed by atoms with van der Waals surface area (Å²) in [4.78, 5) is 55.9. The van der Waals surface area contributed by atoms with Crippen molar-refractivity contribution in [3.63, 3.8) is 0 Å². The van der Waals surface area contributed by atoms with Gasteiger partial charge in [-0.25, -0.2) is 33.5 Å². The first kappa shape index (κ1) is 38.2. The number of urea groups is 2. The van der Waals surface area contributed by atoms with Crippen LogP contribution in [0, 0.1) is 12.7 Å². The van der Waals surface area contributed by atoms with Gasteiger partial charge in [0.1, 0.15) is 11.6 Å². The zero-order valence-electron chi connectivity index (χ0n) is 28.9. The van der Waals surface area contributed by atoms with E-state index in [0.717, 1.165) is 24.1 Å². The number of aryl methyl sites for hydroxylation is 1. The molecule has 5 rings (SSSR count). The number of hydrogen-bond acceptors (Lipinski definition) is 8. The smallest absolute Gasteiger partial charge is 0.338 e. The number of benzene rings is 4. The lowest BCUT2D eigenvalue weighted by Crippen LogP contribution is -2.19. The van der Waals surface area contributed by atoms with Gasteiger partial charge in [0.15, 0.2) is 0 Å². The van der Waals surface area contributed by atoms with E-state index >= 15 is 0 Å². The standard InChI is InChI=1S/C21H24N2O5.C18H15FN4O/c1-3-5-14-28-20(25)16-8-12-18(13-9-16)23-21(26)22-17-10-6-15(7-11-17)19(24)27-4-2;1-12-20-11-10-17(21-12)13-2-6-15(7-3-13)22-18(24)23-16-8-4-14(19)5-9-16/h6-13H,3-5,14H2,1-2H3,(H2,22,23,26);2-11H,1H3,(H2,22,23,24). The molecule has 0 saturated carbocycles. The van der Waals surface area contributed by atoms with Crippen LogP contribution in [-0.2, 0) is 9.47 Å². The van der Waals surface area contributed by atoms with Gasteiger partial charge in [0.2, 0.25) is 0 Å². The summed E-state index contributed by atoms with van der Waals surface area (Å²) >= 11 is 0. The molecule has 13 heteroatoms. The van der Waals surface area contributed by atoms with Gasteiger partial charge < -0.3 is 30.7 Å². The Hall–Kier alpha value is -6.63. The van der Waals surface area contributed by atoms with E-state index in [1.165, 1.54) is 24.3 Å². The number of amides is 4. The minimum absolute atomic E-state index is 0.302. The van der Waals surface area contributed by atoms with Gasteiger partial charge in [0.05, 0.1) is 30.0 Å². The van der Waals surface area contributed by atoms with Crippen LogP contribution in [0.3, 0.4) is 0 Å². The predicted molar refractivity (Wildman–Crippen MR) is 198 cm³/mol. The number of rotatable bonds is 11. The number of nitrogens with zero attached hydrogens (tertiary/aromatic N) is 2. The molecular weight excluding hydrogens is 667 g/mol. The lowest BCUT2D eigenvalue weighted by molar-refractivity contribution is 0.0496. The Morgan fingerprint density at radius 2 is 1.06 bits per heavy atom. The highest BCUT2D eigenvalue weighted by atomic mass is 19.1. The van der Waals surface area contributed by atoms with Gasteiger partial charge in [0.25, 0.3) is 0 Å². The topological polar surface area (TPSA) is 161 Å². The molecule has 4 N–H and O–H groups in total. The van der Waals surface area contributed by atoms with E-state index in [9.17, 15) is 23.6 Å². The minimum atomic E-state index is -0.442. The van der Waals surface area contributed by atoms with E-state index in [1.807, 2.05) is 32.0 Å². The third-order valence-corrected chi connectivity index (χ3v) is 7.08. The molecule has 0 unspecified atom stereocenters. The summed E-state index contributed by atoms with van der Waals surface area (Å²) in [6.45, 7) is 6.29. The largest absolute Gasteiger partial charge is 0.462 e. The summed E-state index contributed by atoms with van der Waals surface area (Å²) in [7, 11) is 0. The lowest BCUT2D eigenvalue weighted by atomic mass is 10.1. The van der Waals surface area contributed by atoms with Crippen LogP contribution in [0.2, 0.25) is 0 Å². The molecule has 0 spiro atoms. The molecule has 52 heavy (non-hydrogen) atoms. The fourth-order valence-electron chi connectivity index (χ4n) is 4.45. The molecule has 268 valence electrons. The van der Waals surface area contributed by atoms with E-state index in [-0.39, 0.29) is 11.8 Å². The summed E-state index contributed by atoms with van der Waals surface area (Å²) in [5, 5.41) is 10.7. The molecule has 0 fully saturated rings. The molecule has 0 aliphatic heterocycles. The third-order valence-electron chi connectivity index (χ3n) is 7.08. The molecule has 4 aromatic carbocycles. The summed E-state index contributed by atoms with van der Waals surface area (Å²) in [6.07, 6.45) is 3.49. The molecule has 5 aromatic rings. The van der Waals surface area contributed by atoms with Crippen LogP contribution < -0.4 is 21.3 Å². The van der Waals surface area contributed by atoms with Crippen LogP contribution in [0.25, 0.3) is 11.3 Å². The van der Waals surface area contributed by atoms with Crippen molar-refractivity contribution in [1.29, 1.82) is 0 Å². The van der Waals surface area contributed by atoms with Gasteiger partial charge in [-0.1, -0.05) is 25.5 Å². The number of halogens is 1. The number of carbonyl (C=O) groups is 4. The highest BCUT2D eigenvalue weighted by Gasteiger charge is 2.10. The Bertz CT molecular complexity index is 1940. The van der Waals surface area contributed by atoms with Crippen molar-refractivity contribution in [2.45, 2.75) is 33.6 Å². The van der Waals surface area contributed by atoms with Gasteiger partial charge in [-0.15, -0.1) is 0 Å². The van der Waals surface area contributed by atoms with Crippen LogP contribution >= 0.6 is 0 Å². The van der Waals surface area contributed by atoms with E-state index in [2.05, 4.69) is 31.2 Å². The molecule has 0 atom stereocenters. The zero-order chi connectivity index (χ0) is 37.3. The van der Waals surface area contributed by atoms with E-state index in [1.54, 1.807) is 73.8 Å². The average Bonchev–Trinajstić information content (AvgIpc) is 3.14. The van der Waals surface area contributed by atoms with Crippen LogP contribution in [0.1, 0.15) is 53.2 Å². The number of hydrogen-bond donors (Lipinski definition) is 4. The van der Waals surface area contributed by atoms with E-state index < -0.39 is 18.0 Å². The number of nitrogens with one attached hydrogen (secondary N) is 4. The van der Waals surface area contributed by atoms with Crippen molar-refractivity contribution >= 4 is 46.8 Å². The number of unbranched alkanes of at least 4 members (excludes halogenated alkanes) is 1. The molecule has 1 heterocycles. The van der Waals surface area contributed by atoms with Crippen molar-refractivity contribution in [1.82, 2.24) is 9.97 Å². The van der Waals surface area contributed by atoms with Crippen molar-refractivity contribution in [3.8, 4) is 11.3 Å². The molecule has 0 radical (unpaired) electrons. The maximum atomic E-state index is 12.8. The SMILES string of the molecule is CCCCOC(=O)c1ccc(NC(=O)Nc2ccc(C(=O)OCC)cc2)cc1.Cc1nccc(-c2ccc(NC(=O)Nc3ccc(F)cc3)cc2)n1. The minimum Gasteiger partial charge on any atom is -0.462 e. The second-order valence-electron chi connectivity index (χ2n) is 11.1. The Kier molecular flexibility index (Phi) is 14.3. The van der Waals surface area contributed by atoms with Gasteiger partial charge in [-0.2, -0.15) is 0 Å². The lowest BCUT2D eigenvalue weighted by Gasteiger charge is -2.09. The van der Waals surface area contributed by atoms with Gasteiger partial charge in [0, 0.05) is 34.5 Å². The number of anilines is 4. The molecule has 0 saturated heterocycles. The quantitative estimate of drug-likeness (QED) is 0.0784. The fourth-order valence-corrected chi connectivity index (χ4v) is 4.45. The highest BCUT2D eigenvalue weighted by molar-refractivity contribution is 6.01. The van der Waals surface area contributed by atoms with Crippen LogP contribution in [0.5, 0.6) is 0 Å². The molecular formula is C39H39FN6O6. The Morgan fingerprint density at radius 3 is 1.50 bits per heavy atom. The van der Waals surface area contributed by atoms with E-state index in [4.69, 9.17) is 9.47 Å². The Balaban J connectivity index is 0.000000235. The highest BCUT2D eigenvalue weighted by Crippen LogP contribution is 2.20. The normalized spacial score (nSPS) is 10.2. The first-order chi connectivity index (χ1) is 25.1. The van der Waals surface area contributed by atoms with Gasteiger partial charge in [-0.05, 0) is 111 Å². The zero-order valence-corrected chi connectivity index (χ0v) is 28.9. The summed E-state index contributed by atoms with van der Waals surface area (Å²) in [6, 6.07) is 26.7.